The number of guanidine groups is 2. The molecule has 0 fully saturated rings. The molecule has 0 aliphatic carbocycles. The molecule has 0 aromatic heterocycles. The lowest BCUT2D eigenvalue weighted by molar-refractivity contribution is -0.136. The van der Waals surface area contributed by atoms with Gasteiger partial charge >= 0.3 is 0 Å². The van der Waals surface area contributed by atoms with Gasteiger partial charge < -0.3 is 81.6 Å². The predicted molar refractivity (Wildman–Crippen MR) is 229 cm³/mol. The van der Waals surface area contributed by atoms with Crippen molar-refractivity contribution in [2.75, 3.05) is 26.3 Å². The molecule has 0 saturated heterocycles. The minimum atomic E-state index is -1.65. The van der Waals surface area contributed by atoms with Crippen molar-refractivity contribution in [3.8, 4) is 5.75 Å². The lowest BCUT2D eigenvalue weighted by atomic mass is 10.00. The standard InChI is InChI=1S/C38H66N14O10/c1-19(2)15-23(39)31(57)49-26(16-21-9-11-22(55)12-10-21)34(60)47-25(8-6-14-46-38(43)44)33(59)52-29(20(3)4)36(62)48-24(7-5-13-45-37(41)42)32(58)51-28(18-54)35(61)50-27(17-53)30(40)56/h9-12,19-20,23-29,53-55H,5-8,13-18,39H2,1-4H3,(H2,40,56)(H,47,60)(H,48,62)(H,49,57)(H,50,61)(H,51,58)(H,52,59)(H4,41,42,45)(H4,43,44,46)/t23-,24-,25-,26-,27-,28-,29-/m0/s1. The molecular formula is C38H66N14O10. The summed E-state index contributed by atoms with van der Waals surface area (Å²) in [5.74, 6) is -7.14. The number of nitrogens with zero attached hydrogens (tertiary/aromatic N) is 2. The number of benzene rings is 1. The van der Waals surface area contributed by atoms with Crippen LogP contribution in [0.25, 0.3) is 0 Å². The summed E-state index contributed by atoms with van der Waals surface area (Å²) in [5.41, 5.74) is 33.6. The summed E-state index contributed by atoms with van der Waals surface area (Å²) in [5, 5.41) is 44.0. The smallest absolute Gasteiger partial charge is 0.245 e. The van der Waals surface area contributed by atoms with Crippen molar-refractivity contribution in [2.24, 2.45) is 56.2 Å². The molecule has 7 amide bonds. The lowest BCUT2D eigenvalue weighted by Gasteiger charge is -2.29. The third-order valence-corrected chi connectivity index (χ3v) is 9.13. The topological polar surface area (TPSA) is 433 Å². The fourth-order valence-corrected chi connectivity index (χ4v) is 5.78. The number of aromatic hydroxyl groups is 1. The number of carbonyl (C=O) groups excluding carboxylic acids is 7. The van der Waals surface area contributed by atoms with Gasteiger partial charge in [0.15, 0.2) is 11.9 Å². The van der Waals surface area contributed by atoms with E-state index in [-0.39, 0.29) is 68.8 Å². The van der Waals surface area contributed by atoms with Crippen LogP contribution in [0, 0.1) is 11.8 Å². The molecule has 348 valence electrons. The Kier molecular flexibility index (Phi) is 23.9. The van der Waals surface area contributed by atoms with Crippen molar-refractivity contribution < 1.29 is 48.9 Å². The molecule has 62 heavy (non-hydrogen) atoms. The zero-order valence-corrected chi connectivity index (χ0v) is 35.6. The van der Waals surface area contributed by atoms with E-state index in [1.807, 2.05) is 13.8 Å². The molecule has 0 bridgehead atoms. The highest BCUT2D eigenvalue weighted by molar-refractivity contribution is 5.97. The number of primary amides is 1. The molecular weight excluding hydrogens is 813 g/mol. The van der Waals surface area contributed by atoms with Crippen LogP contribution in [0.5, 0.6) is 5.75 Å². The van der Waals surface area contributed by atoms with E-state index in [0.29, 0.717) is 12.0 Å². The molecule has 0 spiro atoms. The number of aliphatic imine (C=N–C) groups is 2. The third kappa shape index (κ3) is 20.3. The molecule has 0 heterocycles. The van der Waals surface area contributed by atoms with E-state index in [4.69, 9.17) is 34.4 Å². The second-order valence-corrected chi connectivity index (χ2v) is 15.3. The zero-order valence-electron chi connectivity index (χ0n) is 35.6. The Balaban J connectivity index is 3.45. The molecule has 24 heteroatoms. The number of nitrogens with one attached hydrogen (secondary N) is 6. The molecule has 0 radical (unpaired) electrons. The zero-order chi connectivity index (χ0) is 47.1. The maximum atomic E-state index is 14.0. The van der Waals surface area contributed by atoms with Crippen LogP contribution >= 0.6 is 0 Å². The van der Waals surface area contributed by atoms with Crippen molar-refractivity contribution >= 4 is 53.3 Å². The van der Waals surface area contributed by atoms with Gasteiger partial charge in [-0.1, -0.05) is 39.8 Å². The molecule has 7 atom stereocenters. The number of carbonyl (C=O) groups is 7. The van der Waals surface area contributed by atoms with Crippen molar-refractivity contribution in [3.05, 3.63) is 29.8 Å². The number of aliphatic hydroxyl groups excluding tert-OH is 2. The Labute approximate surface area is 360 Å². The van der Waals surface area contributed by atoms with Crippen molar-refractivity contribution in [2.45, 2.75) is 109 Å². The van der Waals surface area contributed by atoms with E-state index in [1.54, 1.807) is 26.0 Å². The van der Waals surface area contributed by atoms with Crippen LogP contribution in [-0.4, -0.2) is 137 Å². The minimum absolute atomic E-state index is 0.0207. The van der Waals surface area contributed by atoms with Gasteiger partial charge in [-0.3, -0.25) is 43.5 Å². The quantitative estimate of drug-likeness (QED) is 0.0212. The van der Waals surface area contributed by atoms with Crippen molar-refractivity contribution in [1.82, 2.24) is 31.9 Å². The maximum absolute atomic E-state index is 14.0. The van der Waals surface area contributed by atoms with Crippen LogP contribution in [0.3, 0.4) is 0 Å². The van der Waals surface area contributed by atoms with E-state index >= 15 is 0 Å². The number of hydrogen-bond donors (Lipinski definition) is 15. The van der Waals surface area contributed by atoms with Crippen LogP contribution in [0.2, 0.25) is 0 Å². The van der Waals surface area contributed by atoms with Crippen LogP contribution < -0.4 is 66.3 Å². The summed E-state index contributed by atoms with van der Waals surface area (Å²) >= 11 is 0. The molecule has 0 aliphatic rings. The van der Waals surface area contributed by atoms with E-state index in [2.05, 4.69) is 41.9 Å². The SMILES string of the molecule is CC(C)C[C@H](N)C(=O)N[C@@H](Cc1ccc(O)cc1)C(=O)N[C@@H](CCCN=C(N)N)C(=O)N[C@H](C(=O)N[C@@H](CCCN=C(N)N)C(=O)N[C@@H](CO)C(=O)N[C@@H](CO)C(N)=O)C(C)C. The number of nitrogens with two attached hydrogens (primary N) is 6. The fourth-order valence-electron chi connectivity index (χ4n) is 5.78. The van der Waals surface area contributed by atoms with Gasteiger partial charge in [0.2, 0.25) is 41.4 Å². The van der Waals surface area contributed by atoms with Crippen molar-refractivity contribution in [1.29, 1.82) is 0 Å². The lowest BCUT2D eigenvalue weighted by Crippen LogP contribution is -2.61. The third-order valence-electron chi connectivity index (χ3n) is 9.13. The summed E-state index contributed by atoms with van der Waals surface area (Å²) in [6.07, 6.45) is 0.440. The largest absolute Gasteiger partial charge is 0.508 e. The molecule has 24 nitrogen and oxygen atoms in total. The summed E-state index contributed by atoms with van der Waals surface area (Å²) in [7, 11) is 0. The molecule has 1 aromatic carbocycles. The van der Waals surface area contributed by atoms with Gasteiger partial charge in [0.25, 0.3) is 0 Å². The second kappa shape index (κ2) is 27.6. The summed E-state index contributed by atoms with van der Waals surface area (Å²) in [4.78, 5) is 101. The van der Waals surface area contributed by atoms with Gasteiger partial charge in [-0.2, -0.15) is 0 Å². The molecule has 1 aromatic rings. The molecule has 1 rings (SSSR count). The molecule has 0 saturated carbocycles. The second-order valence-electron chi connectivity index (χ2n) is 15.3. The summed E-state index contributed by atoms with van der Waals surface area (Å²) < 4.78 is 0. The first-order valence-corrected chi connectivity index (χ1v) is 20.1. The van der Waals surface area contributed by atoms with Gasteiger partial charge in [0, 0.05) is 19.5 Å². The van der Waals surface area contributed by atoms with E-state index in [0.717, 1.165) is 0 Å². The van der Waals surface area contributed by atoms with E-state index in [1.165, 1.54) is 12.1 Å². The van der Waals surface area contributed by atoms with Gasteiger partial charge in [-0.15, -0.1) is 0 Å². The van der Waals surface area contributed by atoms with Crippen LogP contribution in [0.4, 0.5) is 0 Å². The van der Waals surface area contributed by atoms with Gasteiger partial charge in [-0.25, -0.2) is 0 Å². The highest BCUT2D eigenvalue weighted by Gasteiger charge is 2.34. The first kappa shape index (κ1) is 53.7. The minimum Gasteiger partial charge on any atom is -0.508 e. The molecule has 21 N–H and O–H groups in total. The Morgan fingerprint density at radius 1 is 0.581 bits per heavy atom. The summed E-state index contributed by atoms with van der Waals surface area (Å²) in [6, 6.07) is -3.46. The highest BCUT2D eigenvalue weighted by Crippen LogP contribution is 2.13. The van der Waals surface area contributed by atoms with Crippen molar-refractivity contribution in [3.63, 3.8) is 0 Å². The summed E-state index contributed by atoms with van der Waals surface area (Å²) in [6.45, 7) is 5.27. The van der Waals surface area contributed by atoms with Gasteiger partial charge in [-0.05, 0) is 61.6 Å². The Morgan fingerprint density at radius 2 is 1.00 bits per heavy atom. The normalized spacial score (nSPS) is 14.4. The average Bonchev–Trinajstić information content (AvgIpc) is 3.19. The number of rotatable bonds is 28. The van der Waals surface area contributed by atoms with Gasteiger partial charge in [0.1, 0.15) is 42.0 Å². The Morgan fingerprint density at radius 3 is 1.45 bits per heavy atom. The van der Waals surface area contributed by atoms with E-state index < -0.39 is 103 Å². The Bertz CT molecular complexity index is 1700. The maximum Gasteiger partial charge on any atom is 0.245 e. The van der Waals surface area contributed by atoms with Crippen LogP contribution in [0.1, 0.15) is 65.4 Å². The fraction of sp³-hybridized carbons (Fsp3) is 0.605. The highest BCUT2D eigenvalue weighted by atomic mass is 16.3. The first-order chi connectivity index (χ1) is 29.1. The molecule has 0 unspecified atom stereocenters. The number of phenols is 1. The Hall–Kier alpha value is -6.27. The number of phenolic OH excluding ortho intramolecular Hbond substituents is 1. The van der Waals surface area contributed by atoms with Crippen LogP contribution in [-0.2, 0) is 40.0 Å². The van der Waals surface area contributed by atoms with E-state index in [9.17, 15) is 48.9 Å². The monoisotopic (exact) mass is 879 g/mol. The van der Waals surface area contributed by atoms with Gasteiger partial charge in [0.05, 0.1) is 19.3 Å². The number of amides is 7. The predicted octanol–water partition coefficient (Wildman–Crippen LogP) is -5.55. The number of hydrogen-bond acceptors (Lipinski definition) is 13. The first-order valence-electron chi connectivity index (χ1n) is 20.1. The average molecular weight is 879 g/mol. The number of aliphatic hydroxyl groups is 2. The van der Waals surface area contributed by atoms with Crippen LogP contribution in [0.15, 0.2) is 34.3 Å². The molecule has 0 aliphatic heterocycles.